The van der Waals surface area contributed by atoms with E-state index in [4.69, 9.17) is 11.6 Å². The van der Waals surface area contributed by atoms with E-state index >= 15 is 0 Å². The Labute approximate surface area is 151 Å². The number of hydrogen-bond acceptors (Lipinski definition) is 5. The number of amides is 1. The summed E-state index contributed by atoms with van der Waals surface area (Å²) in [5, 5.41) is 14.4. The molecule has 1 amide bonds. The van der Waals surface area contributed by atoms with Crippen LogP contribution in [-0.4, -0.2) is 65.9 Å². The summed E-state index contributed by atoms with van der Waals surface area (Å²) in [6, 6.07) is 4.42. The lowest BCUT2D eigenvalue weighted by atomic mass is 10.1. The Balaban J connectivity index is 0.00000208. The van der Waals surface area contributed by atoms with Gasteiger partial charge in [0.15, 0.2) is 0 Å². The highest BCUT2D eigenvalue weighted by molar-refractivity contribution is 6.31. The first-order valence-electron chi connectivity index (χ1n) is 7.73. The number of nitro groups is 1. The number of rotatable bonds is 3. The topological polar surface area (TPSA) is 78.7 Å². The Kier molecular flexibility index (Phi) is 6.40. The number of nitrogens with zero attached hydrogens (tertiary/aromatic N) is 3. The molecule has 7 nitrogen and oxygen atoms in total. The second-order valence-corrected chi connectivity index (χ2v) is 6.37. The van der Waals surface area contributed by atoms with E-state index in [0.717, 1.165) is 32.6 Å². The van der Waals surface area contributed by atoms with Crippen molar-refractivity contribution in [2.45, 2.75) is 12.5 Å². The Morgan fingerprint density at radius 3 is 2.62 bits per heavy atom. The smallest absolute Gasteiger partial charge is 0.271 e. The average molecular weight is 375 g/mol. The molecule has 3 rings (SSSR count). The van der Waals surface area contributed by atoms with Crippen LogP contribution in [0.1, 0.15) is 16.8 Å². The molecule has 0 aromatic heterocycles. The number of piperazine rings is 1. The molecular weight excluding hydrogens is 355 g/mol. The van der Waals surface area contributed by atoms with E-state index in [0.29, 0.717) is 19.1 Å². The summed E-state index contributed by atoms with van der Waals surface area (Å²) < 4.78 is 0. The molecule has 0 radical (unpaired) electrons. The van der Waals surface area contributed by atoms with Crippen molar-refractivity contribution in [3.05, 3.63) is 38.9 Å². The zero-order valence-corrected chi connectivity index (χ0v) is 14.7. The van der Waals surface area contributed by atoms with Crippen molar-refractivity contribution in [1.82, 2.24) is 15.1 Å². The molecule has 1 unspecified atom stereocenters. The lowest BCUT2D eigenvalue weighted by Crippen LogP contribution is -2.49. The molecule has 9 heteroatoms. The number of benzene rings is 1. The Morgan fingerprint density at radius 1 is 1.25 bits per heavy atom. The molecule has 1 aromatic rings. The van der Waals surface area contributed by atoms with E-state index < -0.39 is 4.92 Å². The van der Waals surface area contributed by atoms with Gasteiger partial charge in [0.2, 0.25) is 0 Å². The first kappa shape index (κ1) is 18.9. The maximum absolute atomic E-state index is 12.6. The maximum Gasteiger partial charge on any atom is 0.271 e. The molecule has 1 aromatic carbocycles. The molecule has 24 heavy (non-hydrogen) atoms. The molecule has 1 atom stereocenters. The predicted octanol–water partition coefficient (Wildman–Crippen LogP) is 1.79. The number of nitro benzene ring substituents is 1. The van der Waals surface area contributed by atoms with Crippen LogP contribution in [0.3, 0.4) is 0 Å². The zero-order valence-electron chi connectivity index (χ0n) is 13.1. The molecule has 0 saturated carbocycles. The Bertz CT molecular complexity index is 623. The van der Waals surface area contributed by atoms with Crippen molar-refractivity contribution < 1.29 is 9.72 Å². The van der Waals surface area contributed by atoms with Crippen LogP contribution in [-0.2, 0) is 0 Å². The van der Waals surface area contributed by atoms with Crippen LogP contribution in [0.2, 0.25) is 5.02 Å². The van der Waals surface area contributed by atoms with Crippen LogP contribution in [0.4, 0.5) is 5.69 Å². The molecule has 2 saturated heterocycles. The summed E-state index contributed by atoms with van der Waals surface area (Å²) in [5.41, 5.74) is 0.129. The molecule has 0 aliphatic carbocycles. The van der Waals surface area contributed by atoms with Gasteiger partial charge in [-0.05, 0) is 12.5 Å². The van der Waals surface area contributed by atoms with Crippen molar-refractivity contribution in [3.63, 3.8) is 0 Å². The van der Waals surface area contributed by atoms with Crippen molar-refractivity contribution in [3.8, 4) is 0 Å². The molecule has 2 aliphatic heterocycles. The summed E-state index contributed by atoms with van der Waals surface area (Å²) in [5.74, 6) is -0.187. The fourth-order valence-corrected chi connectivity index (χ4v) is 3.49. The van der Waals surface area contributed by atoms with Crippen molar-refractivity contribution >= 4 is 35.6 Å². The van der Waals surface area contributed by atoms with E-state index in [-0.39, 0.29) is 34.6 Å². The van der Waals surface area contributed by atoms with Gasteiger partial charge >= 0.3 is 0 Å². The third-order valence-corrected chi connectivity index (χ3v) is 4.68. The largest absolute Gasteiger partial charge is 0.337 e. The van der Waals surface area contributed by atoms with Crippen molar-refractivity contribution in [2.75, 3.05) is 39.3 Å². The quantitative estimate of drug-likeness (QED) is 0.644. The lowest BCUT2D eigenvalue weighted by molar-refractivity contribution is -0.384. The first-order chi connectivity index (χ1) is 11.0. The minimum absolute atomic E-state index is 0. The van der Waals surface area contributed by atoms with Crippen LogP contribution in [0.25, 0.3) is 0 Å². The number of carbonyl (C=O) groups is 1. The normalized spacial score (nSPS) is 21.4. The highest BCUT2D eigenvalue weighted by Gasteiger charge is 2.31. The van der Waals surface area contributed by atoms with E-state index in [1.165, 1.54) is 18.2 Å². The van der Waals surface area contributed by atoms with Gasteiger partial charge in [-0.3, -0.25) is 19.8 Å². The van der Waals surface area contributed by atoms with Crippen LogP contribution in [0, 0.1) is 10.1 Å². The third kappa shape index (κ3) is 4.16. The SMILES string of the molecule is Cl.O=C(c1cc(Cl)cc([N+](=O)[O-])c1)N1CCC(N2CCNCC2)C1. The van der Waals surface area contributed by atoms with Crippen LogP contribution >= 0.6 is 24.0 Å². The van der Waals surface area contributed by atoms with Gasteiger partial charge in [-0.1, -0.05) is 11.6 Å². The van der Waals surface area contributed by atoms with Gasteiger partial charge in [0.1, 0.15) is 0 Å². The van der Waals surface area contributed by atoms with Gasteiger partial charge in [-0.25, -0.2) is 0 Å². The summed E-state index contributed by atoms with van der Waals surface area (Å²) in [7, 11) is 0. The fraction of sp³-hybridized carbons (Fsp3) is 0.533. The van der Waals surface area contributed by atoms with E-state index in [9.17, 15) is 14.9 Å². The highest BCUT2D eigenvalue weighted by Crippen LogP contribution is 2.24. The van der Waals surface area contributed by atoms with Gasteiger partial charge in [-0.15, -0.1) is 12.4 Å². The predicted molar refractivity (Wildman–Crippen MR) is 94.1 cm³/mol. The number of non-ortho nitro benzene ring substituents is 1. The summed E-state index contributed by atoms with van der Waals surface area (Å²) in [4.78, 5) is 27.2. The average Bonchev–Trinajstić information content (AvgIpc) is 3.04. The Hall–Kier alpha value is -1.41. The van der Waals surface area contributed by atoms with Gasteiger partial charge in [0.25, 0.3) is 11.6 Å². The number of carbonyl (C=O) groups excluding carboxylic acids is 1. The monoisotopic (exact) mass is 374 g/mol. The summed E-state index contributed by atoms with van der Waals surface area (Å²) in [6.07, 6.45) is 0.939. The van der Waals surface area contributed by atoms with Gasteiger partial charge in [0.05, 0.1) is 4.92 Å². The number of nitrogens with one attached hydrogen (secondary N) is 1. The minimum Gasteiger partial charge on any atom is -0.337 e. The molecule has 2 fully saturated rings. The van der Waals surface area contributed by atoms with Gasteiger partial charge in [0, 0.05) is 68.0 Å². The first-order valence-corrected chi connectivity index (χ1v) is 8.11. The number of likely N-dealkylation sites (tertiary alicyclic amines) is 1. The second kappa shape index (κ2) is 8.11. The number of halogens is 2. The van der Waals surface area contributed by atoms with E-state index in [1.807, 2.05) is 0 Å². The maximum atomic E-state index is 12.6. The standard InChI is InChI=1S/C15H19ClN4O3.ClH/c16-12-7-11(8-14(9-12)20(22)23)15(21)19-4-1-13(10-19)18-5-2-17-3-6-18;/h7-9,13,17H,1-6,10H2;1H. The molecular formula is C15H20Cl2N4O3. The van der Waals surface area contributed by atoms with E-state index in [2.05, 4.69) is 10.2 Å². The second-order valence-electron chi connectivity index (χ2n) is 5.93. The molecule has 0 bridgehead atoms. The van der Waals surface area contributed by atoms with Crippen molar-refractivity contribution in [2.24, 2.45) is 0 Å². The minimum atomic E-state index is -0.532. The van der Waals surface area contributed by atoms with Crippen LogP contribution < -0.4 is 5.32 Å². The number of hydrogen-bond donors (Lipinski definition) is 1. The highest BCUT2D eigenvalue weighted by atomic mass is 35.5. The van der Waals surface area contributed by atoms with Crippen molar-refractivity contribution in [1.29, 1.82) is 0 Å². The molecule has 1 N–H and O–H groups in total. The lowest BCUT2D eigenvalue weighted by Gasteiger charge is -2.32. The fourth-order valence-electron chi connectivity index (χ4n) is 3.26. The third-order valence-electron chi connectivity index (χ3n) is 4.46. The van der Waals surface area contributed by atoms with Gasteiger partial charge < -0.3 is 10.2 Å². The summed E-state index contributed by atoms with van der Waals surface area (Å²) in [6.45, 7) is 5.29. The van der Waals surface area contributed by atoms with Crippen LogP contribution in [0.15, 0.2) is 18.2 Å². The molecule has 132 valence electrons. The Morgan fingerprint density at radius 2 is 1.96 bits per heavy atom. The molecule has 0 spiro atoms. The zero-order chi connectivity index (χ0) is 16.4. The van der Waals surface area contributed by atoms with Gasteiger partial charge in [-0.2, -0.15) is 0 Å². The van der Waals surface area contributed by atoms with Crippen LogP contribution in [0.5, 0.6) is 0 Å². The molecule has 2 heterocycles. The molecule has 2 aliphatic rings. The summed E-state index contributed by atoms with van der Waals surface area (Å²) >= 11 is 5.90. The van der Waals surface area contributed by atoms with E-state index in [1.54, 1.807) is 4.90 Å².